The maximum Gasteiger partial charge on any atom is 0.472 e. The molecule has 148 valence electrons. The molecule has 0 fully saturated rings. The molecule has 0 aliphatic rings. The number of phosphoric acid groups is 1. The monoisotopic (exact) mass is 383 g/mol. The van der Waals surface area contributed by atoms with E-state index in [1.54, 1.807) is 0 Å². The predicted octanol–water partition coefficient (Wildman–Crippen LogP) is 1.52. The molecule has 25 heavy (non-hydrogen) atoms. The minimum Gasteiger partial charge on any atom is -0.463 e. The minimum absolute atomic E-state index is 0.0794. The van der Waals surface area contributed by atoms with Gasteiger partial charge in [-0.05, 0) is 12.8 Å². The number of rotatable bonds is 15. The van der Waals surface area contributed by atoms with Gasteiger partial charge >= 0.3 is 13.8 Å². The number of unbranched alkanes of at least 4 members (excludes halogenated alkanes) is 2. The maximum absolute atomic E-state index is 11.6. The first-order valence-corrected chi connectivity index (χ1v) is 10.0. The summed E-state index contributed by atoms with van der Waals surface area (Å²) in [7, 11) is -4.34. The van der Waals surface area contributed by atoms with Gasteiger partial charge in [0.25, 0.3) is 0 Å². The number of nitrogens with one attached hydrogen (secondary N) is 1. The van der Waals surface area contributed by atoms with Gasteiger partial charge in [0, 0.05) is 19.4 Å². The minimum atomic E-state index is -4.34. The highest BCUT2D eigenvalue weighted by Gasteiger charge is 2.23. The van der Waals surface area contributed by atoms with E-state index < -0.39 is 26.5 Å². The van der Waals surface area contributed by atoms with Gasteiger partial charge in [-0.3, -0.25) is 18.6 Å². The zero-order chi connectivity index (χ0) is 19.1. The summed E-state index contributed by atoms with van der Waals surface area (Å²) in [5.74, 6) is -0.602. The normalized spacial score (nSPS) is 14.6. The van der Waals surface area contributed by atoms with E-state index in [1.165, 1.54) is 0 Å². The van der Waals surface area contributed by atoms with Gasteiger partial charge in [0.05, 0.1) is 13.2 Å². The Bertz CT molecular complexity index is 432. The summed E-state index contributed by atoms with van der Waals surface area (Å²) in [4.78, 5) is 32.0. The largest absolute Gasteiger partial charge is 0.472 e. The molecule has 9 nitrogen and oxygen atoms in total. The van der Waals surface area contributed by atoms with Crippen LogP contribution in [0.5, 0.6) is 0 Å². The Morgan fingerprint density at radius 1 is 1.08 bits per heavy atom. The average Bonchev–Trinajstić information content (AvgIpc) is 2.56. The number of ether oxygens (including phenoxy) is 1. The van der Waals surface area contributed by atoms with Gasteiger partial charge in [-0.25, -0.2) is 4.57 Å². The molecule has 3 N–H and O–H groups in total. The molecule has 0 spiro atoms. The highest BCUT2D eigenvalue weighted by Crippen LogP contribution is 2.42. The van der Waals surface area contributed by atoms with E-state index >= 15 is 0 Å². The standard InChI is InChI=1S/C15H30NO8P/c1-3-5-6-8-14(18)16-9-10-23-25(20,21)24-12-13(17)11-22-15(19)7-4-2/h13,17H,3-12H2,1-2H3,(H,16,18)(H,20,21). The topological polar surface area (TPSA) is 131 Å². The van der Waals surface area contributed by atoms with Crippen molar-refractivity contribution in [2.45, 2.75) is 58.5 Å². The van der Waals surface area contributed by atoms with Crippen LogP contribution in [-0.2, 0) is 27.9 Å². The van der Waals surface area contributed by atoms with E-state index in [2.05, 4.69) is 14.4 Å². The highest BCUT2D eigenvalue weighted by atomic mass is 31.2. The third-order valence-electron chi connectivity index (χ3n) is 3.01. The van der Waals surface area contributed by atoms with Crippen LogP contribution in [0.25, 0.3) is 0 Å². The van der Waals surface area contributed by atoms with Crippen LogP contribution in [0.3, 0.4) is 0 Å². The highest BCUT2D eigenvalue weighted by molar-refractivity contribution is 7.47. The molecule has 0 bridgehead atoms. The average molecular weight is 383 g/mol. The fourth-order valence-electron chi connectivity index (χ4n) is 1.71. The third kappa shape index (κ3) is 15.0. The maximum atomic E-state index is 11.6. The number of carbonyl (C=O) groups excluding carboxylic acids is 2. The molecule has 0 saturated heterocycles. The lowest BCUT2D eigenvalue weighted by Gasteiger charge is -2.15. The Kier molecular flexibility index (Phi) is 13.6. The second-order valence-corrected chi connectivity index (χ2v) is 6.94. The van der Waals surface area contributed by atoms with Crippen LogP contribution in [-0.4, -0.2) is 54.3 Å². The van der Waals surface area contributed by atoms with Crippen LogP contribution in [0.15, 0.2) is 0 Å². The molecule has 2 atom stereocenters. The van der Waals surface area contributed by atoms with Crippen molar-refractivity contribution in [3.05, 3.63) is 0 Å². The molecule has 0 aliphatic carbocycles. The number of amides is 1. The summed E-state index contributed by atoms with van der Waals surface area (Å²) in [6.07, 6.45) is 2.82. The summed E-state index contributed by atoms with van der Waals surface area (Å²) in [5, 5.41) is 12.1. The number of esters is 1. The van der Waals surface area contributed by atoms with Crippen molar-refractivity contribution in [3.8, 4) is 0 Å². The van der Waals surface area contributed by atoms with Crippen LogP contribution in [0.1, 0.15) is 52.4 Å². The molecule has 0 heterocycles. The second kappa shape index (κ2) is 14.2. The second-order valence-electron chi connectivity index (χ2n) is 5.49. The summed E-state index contributed by atoms with van der Waals surface area (Å²) in [6, 6.07) is 0. The molecule has 0 aliphatic heterocycles. The van der Waals surface area contributed by atoms with E-state index in [0.717, 1.165) is 19.3 Å². The Balaban J connectivity index is 3.81. The first-order valence-electron chi connectivity index (χ1n) is 8.53. The van der Waals surface area contributed by atoms with Gasteiger partial charge < -0.3 is 20.1 Å². The van der Waals surface area contributed by atoms with Crippen LogP contribution < -0.4 is 5.32 Å². The lowest BCUT2D eigenvalue weighted by molar-refractivity contribution is -0.147. The van der Waals surface area contributed by atoms with Crippen molar-refractivity contribution >= 4 is 19.7 Å². The molecule has 2 unspecified atom stereocenters. The molecule has 10 heteroatoms. The molecule has 0 aromatic rings. The van der Waals surface area contributed by atoms with Crippen molar-refractivity contribution in [3.63, 3.8) is 0 Å². The summed E-state index contributed by atoms with van der Waals surface area (Å²) in [6.45, 7) is 2.89. The van der Waals surface area contributed by atoms with Crippen LogP contribution >= 0.6 is 7.82 Å². The predicted molar refractivity (Wildman–Crippen MR) is 90.8 cm³/mol. The summed E-state index contributed by atoms with van der Waals surface area (Å²) < 4.78 is 25.6. The fraction of sp³-hybridized carbons (Fsp3) is 0.867. The first kappa shape index (κ1) is 24.0. The van der Waals surface area contributed by atoms with Crippen LogP contribution in [0.4, 0.5) is 0 Å². The third-order valence-corrected chi connectivity index (χ3v) is 3.99. The molecular formula is C15H30NO8P. The smallest absolute Gasteiger partial charge is 0.463 e. The van der Waals surface area contributed by atoms with Gasteiger partial charge in [0.2, 0.25) is 5.91 Å². The molecule has 1 amide bonds. The van der Waals surface area contributed by atoms with Crippen molar-refractivity contribution in [1.82, 2.24) is 5.32 Å². The van der Waals surface area contributed by atoms with Gasteiger partial charge in [-0.2, -0.15) is 0 Å². The van der Waals surface area contributed by atoms with E-state index in [0.29, 0.717) is 12.8 Å². The Morgan fingerprint density at radius 3 is 2.44 bits per heavy atom. The molecular weight excluding hydrogens is 353 g/mol. The zero-order valence-electron chi connectivity index (χ0n) is 14.9. The van der Waals surface area contributed by atoms with Crippen molar-refractivity contribution in [2.75, 3.05) is 26.4 Å². The number of hydrogen-bond acceptors (Lipinski definition) is 7. The SMILES string of the molecule is CCCCCC(=O)NCCOP(=O)(O)OCC(O)COC(=O)CCC. The summed E-state index contributed by atoms with van der Waals surface area (Å²) >= 11 is 0. The van der Waals surface area contributed by atoms with E-state index in [9.17, 15) is 24.2 Å². The summed E-state index contributed by atoms with van der Waals surface area (Å²) in [5.41, 5.74) is 0. The number of aliphatic hydroxyl groups excluding tert-OH is 1. The Morgan fingerprint density at radius 2 is 1.80 bits per heavy atom. The quantitative estimate of drug-likeness (QED) is 0.220. The van der Waals surface area contributed by atoms with Gasteiger partial charge in [-0.1, -0.05) is 26.7 Å². The van der Waals surface area contributed by atoms with Crippen molar-refractivity contribution < 1.29 is 37.9 Å². The Hall–Kier alpha value is -0.990. The van der Waals surface area contributed by atoms with Crippen molar-refractivity contribution in [2.24, 2.45) is 0 Å². The molecule has 0 saturated carbocycles. The van der Waals surface area contributed by atoms with Crippen LogP contribution in [0.2, 0.25) is 0 Å². The first-order chi connectivity index (χ1) is 11.8. The van der Waals surface area contributed by atoms with Gasteiger partial charge in [0.1, 0.15) is 12.7 Å². The lowest BCUT2D eigenvalue weighted by atomic mass is 10.2. The van der Waals surface area contributed by atoms with E-state index in [1.807, 2.05) is 13.8 Å². The van der Waals surface area contributed by atoms with Crippen LogP contribution in [0, 0.1) is 0 Å². The molecule has 0 aromatic carbocycles. The zero-order valence-corrected chi connectivity index (χ0v) is 15.8. The van der Waals surface area contributed by atoms with Gasteiger partial charge in [0.15, 0.2) is 0 Å². The number of carbonyl (C=O) groups is 2. The number of hydrogen-bond donors (Lipinski definition) is 3. The number of aliphatic hydroxyl groups is 1. The van der Waals surface area contributed by atoms with Gasteiger partial charge in [-0.15, -0.1) is 0 Å². The van der Waals surface area contributed by atoms with E-state index in [-0.39, 0.29) is 32.1 Å². The fourth-order valence-corrected chi connectivity index (χ4v) is 2.46. The number of phosphoric ester groups is 1. The molecule has 0 rings (SSSR count). The Labute approximate surface area is 148 Å². The molecule has 0 radical (unpaired) electrons. The van der Waals surface area contributed by atoms with Crippen molar-refractivity contribution in [1.29, 1.82) is 0 Å². The molecule has 0 aromatic heterocycles. The lowest BCUT2D eigenvalue weighted by Crippen LogP contribution is -2.27. The van der Waals surface area contributed by atoms with E-state index in [4.69, 9.17) is 4.74 Å².